The van der Waals surface area contributed by atoms with Crippen LogP contribution in [0.5, 0.6) is 0 Å². The average molecular weight is 274 g/mol. The Hall–Kier alpha value is -1.09. The maximum absolute atomic E-state index is 9.78. The van der Waals surface area contributed by atoms with Crippen LogP contribution in [0, 0.1) is 17.8 Å². The number of hydrogen-bond acceptors (Lipinski definition) is 3. The van der Waals surface area contributed by atoms with Gasteiger partial charge in [0.15, 0.2) is 0 Å². The minimum absolute atomic E-state index is 0.431. The van der Waals surface area contributed by atoms with Crippen molar-refractivity contribution in [3.8, 4) is 0 Å². The van der Waals surface area contributed by atoms with E-state index < -0.39 is 6.10 Å². The summed E-state index contributed by atoms with van der Waals surface area (Å²) in [6, 6.07) is 4.05. The van der Waals surface area contributed by atoms with Gasteiger partial charge in [-0.15, -0.1) is 0 Å². The highest BCUT2D eigenvalue weighted by atomic mass is 16.3. The Kier molecular flexibility index (Phi) is 3.97. The molecule has 3 heteroatoms. The molecule has 1 aromatic rings. The van der Waals surface area contributed by atoms with Crippen LogP contribution in [-0.4, -0.2) is 23.7 Å². The highest BCUT2D eigenvalue weighted by Crippen LogP contribution is 2.48. The standard InChI is InChI=1S/C17H26N2O/c1-3-17(20)16-7-6-15(10-18-16)19(2)11-14-9-12-4-5-13(14)8-12/h6-7,10,12-14,17,20H,3-5,8-9,11H2,1-2H3/t12?,13?,14?,17-/m0/s1. The molecule has 1 heterocycles. The zero-order valence-corrected chi connectivity index (χ0v) is 12.6. The summed E-state index contributed by atoms with van der Waals surface area (Å²) < 4.78 is 0. The van der Waals surface area contributed by atoms with Crippen LogP contribution in [0.25, 0.3) is 0 Å². The number of fused-ring (bicyclic) bond motifs is 2. The van der Waals surface area contributed by atoms with Gasteiger partial charge in [-0.25, -0.2) is 0 Å². The number of nitrogens with zero attached hydrogens (tertiary/aromatic N) is 2. The van der Waals surface area contributed by atoms with Crippen molar-refractivity contribution in [3.63, 3.8) is 0 Å². The fourth-order valence-corrected chi connectivity index (χ4v) is 4.09. The quantitative estimate of drug-likeness (QED) is 0.894. The third kappa shape index (κ3) is 2.69. The number of aromatic nitrogens is 1. The first-order valence-corrected chi connectivity index (χ1v) is 8.02. The lowest BCUT2D eigenvalue weighted by molar-refractivity contribution is 0.169. The van der Waals surface area contributed by atoms with Crippen LogP contribution >= 0.6 is 0 Å². The lowest BCUT2D eigenvalue weighted by atomic mass is 9.88. The second kappa shape index (κ2) is 5.72. The maximum atomic E-state index is 9.78. The summed E-state index contributed by atoms with van der Waals surface area (Å²) in [7, 11) is 2.17. The molecule has 1 N–H and O–H groups in total. The highest BCUT2D eigenvalue weighted by Gasteiger charge is 2.39. The van der Waals surface area contributed by atoms with Gasteiger partial charge >= 0.3 is 0 Å². The van der Waals surface area contributed by atoms with Gasteiger partial charge in [0.05, 0.1) is 23.7 Å². The molecule has 3 nitrogen and oxygen atoms in total. The molecule has 110 valence electrons. The van der Waals surface area contributed by atoms with Crippen LogP contribution < -0.4 is 4.90 Å². The third-order valence-corrected chi connectivity index (χ3v) is 5.33. The van der Waals surface area contributed by atoms with Crippen LogP contribution in [-0.2, 0) is 0 Å². The molecule has 2 bridgehead atoms. The van der Waals surface area contributed by atoms with Crippen LogP contribution in [0.15, 0.2) is 18.3 Å². The van der Waals surface area contributed by atoms with Gasteiger partial charge in [-0.2, -0.15) is 0 Å². The molecule has 1 aromatic heterocycles. The molecule has 4 atom stereocenters. The van der Waals surface area contributed by atoms with E-state index in [4.69, 9.17) is 0 Å². The van der Waals surface area contributed by atoms with Crippen molar-refractivity contribution >= 4 is 5.69 Å². The maximum Gasteiger partial charge on any atom is 0.0957 e. The van der Waals surface area contributed by atoms with Crippen molar-refractivity contribution in [3.05, 3.63) is 24.0 Å². The Morgan fingerprint density at radius 1 is 1.35 bits per heavy atom. The molecule has 3 rings (SSSR count). The molecule has 0 spiro atoms. The topological polar surface area (TPSA) is 36.4 Å². The van der Waals surface area contributed by atoms with E-state index >= 15 is 0 Å². The first kappa shape index (κ1) is 13.9. The molecule has 2 saturated carbocycles. The fraction of sp³-hybridized carbons (Fsp3) is 0.706. The predicted octanol–water partition coefficient (Wildman–Crippen LogP) is 3.40. The monoisotopic (exact) mass is 274 g/mol. The van der Waals surface area contributed by atoms with Crippen LogP contribution in [0.2, 0.25) is 0 Å². The molecule has 0 aromatic carbocycles. The average Bonchev–Trinajstić information content (AvgIpc) is 3.09. The summed E-state index contributed by atoms with van der Waals surface area (Å²) in [6.07, 6.45) is 8.00. The molecule has 2 fully saturated rings. The smallest absolute Gasteiger partial charge is 0.0957 e. The summed E-state index contributed by atoms with van der Waals surface area (Å²) in [4.78, 5) is 6.74. The molecule has 0 aliphatic heterocycles. The largest absolute Gasteiger partial charge is 0.387 e. The van der Waals surface area contributed by atoms with E-state index in [-0.39, 0.29) is 0 Å². The first-order chi connectivity index (χ1) is 9.67. The van der Waals surface area contributed by atoms with E-state index in [1.807, 2.05) is 19.2 Å². The lowest BCUT2D eigenvalue weighted by Crippen LogP contribution is -2.28. The van der Waals surface area contributed by atoms with Crippen LogP contribution in [0.4, 0.5) is 5.69 Å². The molecule has 2 aliphatic rings. The Morgan fingerprint density at radius 3 is 2.75 bits per heavy atom. The summed E-state index contributed by atoms with van der Waals surface area (Å²) in [5, 5.41) is 9.78. The molecule has 20 heavy (non-hydrogen) atoms. The second-order valence-corrected chi connectivity index (χ2v) is 6.68. The zero-order valence-electron chi connectivity index (χ0n) is 12.6. The summed E-state index contributed by atoms with van der Waals surface area (Å²) in [5.41, 5.74) is 1.95. The van der Waals surface area contributed by atoms with Crippen molar-refractivity contribution in [1.82, 2.24) is 4.98 Å². The molecular weight excluding hydrogens is 248 g/mol. The van der Waals surface area contributed by atoms with E-state index in [1.54, 1.807) is 0 Å². The van der Waals surface area contributed by atoms with Gasteiger partial charge in [-0.1, -0.05) is 13.3 Å². The molecule has 2 aliphatic carbocycles. The van der Waals surface area contributed by atoms with Crippen molar-refractivity contribution < 1.29 is 5.11 Å². The van der Waals surface area contributed by atoms with Crippen molar-refractivity contribution in [2.75, 3.05) is 18.5 Å². The highest BCUT2D eigenvalue weighted by molar-refractivity contribution is 5.44. The third-order valence-electron chi connectivity index (χ3n) is 5.33. The first-order valence-electron chi connectivity index (χ1n) is 8.02. The predicted molar refractivity (Wildman–Crippen MR) is 81.7 cm³/mol. The van der Waals surface area contributed by atoms with E-state index in [2.05, 4.69) is 23.0 Å². The van der Waals surface area contributed by atoms with E-state index in [9.17, 15) is 5.11 Å². The van der Waals surface area contributed by atoms with Gasteiger partial charge in [-0.3, -0.25) is 4.98 Å². The van der Waals surface area contributed by atoms with Gasteiger partial charge < -0.3 is 10.0 Å². The molecule has 3 unspecified atom stereocenters. The number of rotatable bonds is 5. The number of aliphatic hydroxyl groups is 1. The Balaban J connectivity index is 1.61. The summed E-state index contributed by atoms with van der Waals surface area (Å²) >= 11 is 0. The normalized spacial score (nSPS) is 29.6. The fourth-order valence-electron chi connectivity index (χ4n) is 4.09. The Morgan fingerprint density at radius 2 is 2.20 bits per heavy atom. The summed E-state index contributed by atoms with van der Waals surface area (Å²) in [6.45, 7) is 3.13. The van der Waals surface area contributed by atoms with E-state index in [0.717, 1.165) is 30.0 Å². The van der Waals surface area contributed by atoms with Gasteiger partial charge in [0, 0.05) is 13.6 Å². The Labute approximate surface area is 122 Å². The molecular formula is C17H26N2O. The minimum Gasteiger partial charge on any atom is -0.387 e. The van der Waals surface area contributed by atoms with Crippen molar-refractivity contribution in [2.24, 2.45) is 17.8 Å². The van der Waals surface area contributed by atoms with Crippen LogP contribution in [0.1, 0.15) is 50.8 Å². The number of pyridine rings is 1. The van der Waals surface area contributed by atoms with Crippen molar-refractivity contribution in [1.29, 1.82) is 0 Å². The van der Waals surface area contributed by atoms with Gasteiger partial charge in [0.25, 0.3) is 0 Å². The van der Waals surface area contributed by atoms with Gasteiger partial charge in [-0.05, 0) is 55.6 Å². The van der Waals surface area contributed by atoms with E-state index in [1.165, 1.54) is 31.4 Å². The molecule has 0 saturated heterocycles. The van der Waals surface area contributed by atoms with Crippen LogP contribution in [0.3, 0.4) is 0 Å². The van der Waals surface area contributed by atoms with Gasteiger partial charge in [0.2, 0.25) is 0 Å². The Bertz CT molecular complexity index is 445. The number of hydrogen-bond donors (Lipinski definition) is 1. The van der Waals surface area contributed by atoms with Crippen molar-refractivity contribution in [2.45, 2.75) is 45.1 Å². The minimum atomic E-state index is -0.431. The van der Waals surface area contributed by atoms with Gasteiger partial charge in [0.1, 0.15) is 0 Å². The zero-order chi connectivity index (χ0) is 14.1. The number of aliphatic hydroxyl groups excluding tert-OH is 1. The second-order valence-electron chi connectivity index (χ2n) is 6.68. The summed E-state index contributed by atoms with van der Waals surface area (Å²) in [5.74, 6) is 2.86. The molecule has 0 radical (unpaired) electrons. The molecule has 0 amide bonds. The van der Waals surface area contributed by atoms with E-state index in [0.29, 0.717) is 6.42 Å². The lowest BCUT2D eigenvalue weighted by Gasteiger charge is -2.28. The SMILES string of the molecule is CC[C@H](O)c1ccc(N(C)CC2CC3CCC2C3)cn1. The number of anilines is 1.